The van der Waals surface area contributed by atoms with Gasteiger partial charge in [0.05, 0.1) is 31.9 Å². The molecule has 0 aliphatic carbocycles. The summed E-state index contributed by atoms with van der Waals surface area (Å²) >= 11 is 0. The highest BCUT2D eigenvalue weighted by Crippen LogP contribution is 2.16. The second-order valence-electron chi connectivity index (χ2n) is 5.59. The fourth-order valence-electron chi connectivity index (χ4n) is 2.56. The minimum Gasteiger partial charge on any atom is -0.467 e. The van der Waals surface area contributed by atoms with Crippen molar-refractivity contribution in [3.05, 3.63) is 59.3 Å². The molecule has 1 heterocycles. The van der Waals surface area contributed by atoms with E-state index >= 15 is 0 Å². The average Bonchev–Trinajstić information content (AvgIpc) is 3.03. The number of amides is 1. The molecule has 124 valence electrons. The Hall–Kier alpha value is -2.14. The van der Waals surface area contributed by atoms with Crippen LogP contribution in [0.2, 0.25) is 0 Å². The van der Waals surface area contributed by atoms with E-state index in [1.165, 1.54) is 12.1 Å². The summed E-state index contributed by atoms with van der Waals surface area (Å²) in [7, 11) is 0. The molecule has 1 aromatic carbocycles. The monoisotopic (exact) mass is 319 g/mol. The molecule has 2 rings (SSSR count). The van der Waals surface area contributed by atoms with E-state index in [1.807, 2.05) is 6.92 Å². The molecule has 0 radical (unpaired) electrons. The van der Waals surface area contributed by atoms with Crippen molar-refractivity contribution in [1.82, 2.24) is 4.90 Å². The van der Waals surface area contributed by atoms with Gasteiger partial charge in [0.25, 0.3) is 0 Å². The first-order valence-electron chi connectivity index (χ1n) is 7.72. The number of benzene rings is 1. The van der Waals surface area contributed by atoms with E-state index in [0.717, 1.165) is 11.1 Å². The molecule has 0 saturated heterocycles. The lowest BCUT2D eigenvalue weighted by atomic mass is 10.0. The molecule has 4 nitrogen and oxygen atoms in total. The van der Waals surface area contributed by atoms with Gasteiger partial charge in [-0.1, -0.05) is 13.0 Å². The first kappa shape index (κ1) is 17.2. The Bertz CT molecular complexity index is 636. The number of nitrogens with zero attached hydrogens (tertiary/aromatic N) is 1. The number of furan rings is 1. The molecule has 1 N–H and O–H groups in total. The Morgan fingerprint density at radius 1 is 1.39 bits per heavy atom. The lowest BCUT2D eigenvalue weighted by Gasteiger charge is -2.29. The van der Waals surface area contributed by atoms with E-state index in [9.17, 15) is 14.3 Å². The summed E-state index contributed by atoms with van der Waals surface area (Å²) < 4.78 is 18.5. The van der Waals surface area contributed by atoms with Crippen molar-refractivity contribution in [2.45, 2.75) is 39.3 Å². The van der Waals surface area contributed by atoms with Gasteiger partial charge in [-0.05, 0) is 48.7 Å². The van der Waals surface area contributed by atoms with Crippen molar-refractivity contribution in [2.24, 2.45) is 0 Å². The number of aliphatic hydroxyl groups excluding tert-OH is 1. The van der Waals surface area contributed by atoms with Gasteiger partial charge in [-0.25, -0.2) is 4.39 Å². The minimum atomic E-state index is -0.312. The zero-order valence-corrected chi connectivity index (χ0v) is 13.5. The third-order valence-corrected chi connectivity index (χ3v) is 4.00. The number of aryl methyl sites for hydroxylation is 1. The fraction of sp³-hybridized carbons (Fsp3) is 0.389. The van der Waals surface area contributed by atoms with Gasteiger partial charge in [0, 0.05) is 0 Å². The van der Waals surface area contributed by atoms with Gasteiger partial charge < -0.3 is 14.4 Å². The van der Waals surface area contributed by atoms with Gasteiger partial charge in [0.15, 0.2) is 0 Å². The van der Waals surface area contributed by atoms with Crippen LogP contribution < -0.4 is 0 Å². The van der Waals surface area contributed by atoms with Gasteiger partial charge in [-0.3, -0.25) is 4.79 Å². The molecule has 1 amide bonds. The van der Waals surface area contributed by atoms with Crippen molar-refractivity contribution >= 4 is 5.91 Å². The predicted octanol–water partition coefficient (Wildman–Crippen LogP) is 3.07. The van der Waals surface area contributed by atoms with E-state index in [0.29, 0.717) is 18.7 Å². The second kappa shape index (κ2) is 7.92. The molecule has 0 fully saturated rings. The topological polar surface area (TPSA) is 53.7 Å². The third-order valence-electron chi connectivity index (χ3n) is 4.00. The highest BCUT2D eigenvalue weighted by atomic mass is 19.1. The van der Waals surface area contributed by atoms with Gasteiger partial charge in [0.1, 0.15) is 11.6 Å². The molecule has 1 atom stereocenters. The first-order valence-corrected chi connectivity index (χ1v) is 7.72. The number of halogens is 1. The molecule has 0 aliphatic heterocycles. The van der Waals surface area contributed by atoms with Crippen LogP contribution in [0, 0.1) is 12.7 Å². The molecule has 0 aliphatic rings. The largest absolute Gasteiger partial charge is 0.467 e. The Balaban J connectivity index is 2.18. The minimum absolute atomic E-state index is 0.106. The number of carbonyl (C=O) groups is 1. The van der Waals surface area contributed by atoms with E-state index in [1.54, 1.807) is 36.3 Å². The van der Waals surface area contributed by atoms with Crippen molar-refractivity contribution in [3.8, 4) is 0 Å². The van der Waals surface area contributed by atoms with Crippen molar-refractivity contribution in [2.75, 3.05) is 6.61 Å². The Morgan fingerprint density at radius 3 is 2.74 bits per heavy atom. The number of rotatable bonds is 7. The number of hydrogen-bond donors (Lipinski definition) is 1. The quantitative estimate of drug-likeness (QED) is 0.853. The van der Waals surface area contributed by atoms with Crippen molar-refractivity contribution in [3.63, 3.8) is 0 Å². The van der Waals surface area contributed by atoms with Crippen LogP contribution in [0.4, 0.5) is 4.39 Å². The molecule has 0 bridgehead atoms. The number of aliphatic hydroxyl groups is 1. The van der Waals surface area contributed by atoms with Gasteiger partial charge in [0.2, 0.25) is 5.91 Å². The maximum Gasteiger partial charge on any atom is 0.227 e. The summed E-state index contributed by atoms with van der Waals surface area (Å²) in [5.41, 5.74) is 1.53. The summed E-state index contributed by atoms with van der Waals surface area (Å²) in [6, 6.07) is 7.70. The van der Waals surface area contributed by atoms with Crippen molar-refractivity contribution < 1.29 is 18.7 Å². The Labute approximate surface area is 135 Å². The van der Waals surface area contributed by atoms with E-state index in [-0.39, 0.29) is 30.8 Å². The molecule has 0 unspecified atom stereocenters. The molecule has 1 aromatic heterocycles. The Kier molecular flexibility index (Phi) is 5.93. The maximum atomic E-state index is 13.2. The first-order chi connectivity index (χ1) is 11.0. The maximum absolute atomic E-state index is 13.2. The van der Waals surface area contributed by atoms with E-state index < -0.39 is 0 Å². The lowest BCUT2D eigenvalue weighted by Crippen LogP contribution is -2.42. The number of carbonyl (C=O) groups excluding carboxylic acids is 1. The molecule has 0 spiro atoms. The summed E-state index contributed by atoms with van der Waals surface area (Å²) in [6.07, 6.45) is 2.37. The zero-order chi connectivity index (χ0) is 16.8. The second-order valence-corrected chi connectivity index (χ2v) is 5.59. The van der Waals surface area contributed by atoms with Gasteiger partial charge in [-0.15, -0.1) is 0 Å². The molecule has 5 heteroatoms. The van der Waals surface area contributed by atoms with E-state index in [2.05, 4.69) is 0 Å². The summed E-state index contributed by atoms with van der Waals surface area (Å²) in [6.45, 7) is 3.91. The lowest BCUT2D eigenvalue weighted by molar-refractivity contribution is -0.134. The molecule has 23 heavy (non-hydrogen) atoms. The molecular weight excluding hydrogens is 297 g/mol. The van der Waals surface area contributed by atoms with Crippen LogP contribution in [0.15, 0.2) is 41.0 Å². The van der Waals surface area contributed by atoms with Crippen LogP contribution in [0.5, 0.6) is 0 Å². The van der Waals surface area contributed by atoms with Crippen LogP contribution in [0.1, 0.15) is 30.2 Å². The normalized spacial score (nSPS) is 12.2. The van der Waals surface area contributed by atoms with Crippen LogP contribution in [0.25, 0.3) is 0 Å². The average molecular weight is 319 g/mol. The van der Waals surface area contributed by atoms with Gasteiger partial charge >= 0.3 is 0 Å². The smallest absolute Gasteiger partial charge is 0.227 e. The van der Waals surface area contributed by atoms with Crippen LogP contribution in [-0.2, 0) is 17.8 Å². The summed E-state index contributed by atoms with van der Waals surface area (Å²) in [5, 5.41) is 9.56. The summed E-state index contributed by atoms with van der Waals surface area (Å²) in [4.78, 5) is 14.3. The standard InChI is InChI=1S/C18H22FNO3/c1-3-16(12-21)20(11-17-5-4-8-23-17)18(22)10-14-6-7-15(19)9-13(14)2/h4-9,16,21H,3,10-12H2,1-2H3/t16-/m1/s1. The summed E-state index contributed by atoms with van der Waals surface area (Å²) in [5.74, 6) is 0.242. The zero-order valence-electron chi connectivity index (χ0n) is 13.5. The van der Waals surface area contributed by atoms with Gasteiger partial charge in [-0.2, -0.15) is 0 Å². The third kappa shape index (κ3) is 4.42. The molecule has 0 saturated carbocycles. The van der Waals surface area contributed by atoms with Crippen LogP contribution in [0.3, 0.4) is 0 Å². The fourth-order valence-corrected chi connectivity index (χ4v) is 2.56. The number of hydrogen-bond acceptors (Lipinski definition) is 3. The predicted molar refractivity (Wildman–Crippen MR) is 85.3 cm³/mol. The molecular formula is C18H22FNO3. The highest BCUT2D eigenvalue weighted by Gasteiger charge is 2.23. The van der Waals surface area contributed by atoms with E-state index in [4.69, 9.17) is 4.42 Å². The van der Waals surface area contributed by atoms with Crippen LogP contribution in [-0.4, -0.2) is 28.6 Å². The van der Waals surface area contributed by atoms with Crippen LogP contribution >= 0.6 is 0 Å². The SMILES string of the molecule is CC[C@H](CO)N(Cc1ccco1)C(=O)Cc1ccc(F)cc1C. The molecule has 2 aromatic rings. The van der Waals surface area contributed by atoms with Crippen molar-refractivity contribution in [1.29, 1.82) is 0 Å². The highest BCUT2D eigenvalue weighted by molar-refractivity contribution is 5.79. The Morgan fingerprint density at radius 2 is 2.17 bits per heavy atom.